The molecular weight excluding hydrogens is 208 g/mol. The number of nitrogens with two attached hydrogens (primary N) is 1. The van der Waals surface area contributed by atoms with Crippen LogP contribution in [-0.4, -0.2) is 19.6 Å². The lowest BCUT2D eigenvalue weighted by Gasteiger charge is -2.26. The fourth-order valence-electron chi connectivity index (χ4n) is 2.55. The lowest BCUT2D eigenvalue weighted by molar-refractivity contribution is 0.322. The average Bonchev–Trinajstić information content (AvgIpc) is 2.36. The van der Waals surface area contributed by atoms with Gasteiger partial charge in [0.15, 0.2) is 0 Å². The van der Waals surface area contributed by atoms with Crippen molar-refractivity contribution in [2.45, 2.75) is 77.7 Å². The molecule has 0 saturated carbocycles. The van der Waals surface area contributed by atoms with Gasteiger partial charge in [-0.2, -0.15) is 0 Å². The van der Waals surface area contributed by atoms with Gasteiger partial charge in [-0.05, 0) is 32.4 Å². The van der Waals surface area contributed by atoms with Crippen LogP contribution in [0, 0.1) is 5.92 Å². The quantitative estimate of drug-likeness (QED) is 0.512. The molecule has 2 unspecified atom stereocenters. The summed E-state index contributed by atoms with van der Waals surface area (Å²) in [5.41, 5.74) is 5.92. The SMILES string of the molecule is CCCCCCC(NC)C(CN)CCCCC. The largest absolute Gasteiger partial charge is 0.330 e. The summed E-state index contributed by atoms with van der Waals surface area (Å²) in [6, 6.07) is 0.633. The van der Waals surface area contributed by atoms with Crippen LogP contribution in [0.3, 0.4) is 0 Å². The first-order valence-electron chi connectivity index (χ1n) is 7.67. The van der Waals surface area contributed by atoms with Crippen molar-refractivity contribution in [2.24, 2.45) is 11.7 Å². The first-order valence-corrected chi connectivity index (χ1v) is 7.67. The summed E-state index contributed by atoms with van der Waals surface area (Å²) in [5.74, 6) is 0.674. The molecule has 0 bridgehead atoms. The molecule has 104 valence electrons. The predicted molar refractivity (Wildman–Crippen MR) is 78.3 cm³/mol. The fourth-order valence-corrected chi connectivity index (χ4v) is 2.55. The summed E-state index contributed by atoms with van der Waals surface area (Å²) in [4.78, 5) is 0. The van der Waals surface area contributed by atoms with E-state index < -0.39 is 0 Å². The molecule has 2 atom stereocenters. The van der Waals surface area contributed by atoms with Crippen LogP contribution >= 0.6 is 0 Å². The maximum Gasteiger partial charge on any atom is 0.0104 e. The molecule has 2 heteroatoms. The topological polar surface area (TPSA) is 38.0 Å². The molecule has 0 aromatic rings. The van der Waals surface area contributed by atoms with Crippen molar-refractivity contribution in [2.75, 3.05) is 13.6 Å². The van der Waals surface area contributed by atoms with E-state index in [-0.39, 0.29) is 0 Å². The minimum absolute atomic E-state index is 0.633. The molecule has 0 fully saturated rings. The van der Waals surface area contributed by atoms with Gasteiger partial charge in [0.1, 0.15) is 0 Å². The van der Waals surface area contributed by atoms with Crippen LogP contribution < -0.4 is 11.1 Å². The maximum atomic E-state index is 5.92. The Morgan fingerprint density at radius 3 is 2.00 bits per heavy atom. The summed E-state index contributed by atoms with van der Waals surface area (Å²) in [6.07, 6.45) is 12.0. The average molecular weight is 242 g/mol. The summed E-state index contributed by atoms with van der Waals surface area (Å²) < 4.78 is 0. The molecule has 0 radical (unpaired) electrons. The second kappa shape index (κ2) is 12.4. The van der Waals surface area contributed by atoms with Crippen LogP contribution in [0.2, 0.25) is 0 Å². The Labute approximate surface area is 109 Å². The van der Waals surface area contributed by atoms with Crippen molar-refractivity contribution in [3.63, 3.8) is 0 Å². The van der Waals surface area contributed by atoms with Gasteiger partial charge < -0.3 is 11.1 Å². The van der Waals surface area contributed by atoms with E-state index >= 15 is 0 Å². The number of hydrogen-bond donors (Lipinski definition) is 2. The summed E-state index contributed by atoms with van der Waals surface area (Å²) in [5, 5.41) is 3.48. The predicted octanol–water partition coefficient (Wildman–Crippen LogP) is 3.70. The van der Waals surface area contributed by atoms with E-state index in [2.05, 4.69) is 26.2 Å². The van der Waals surface area contributed by atoms with Gasteiger partial charge in [-0.15, -0.1) is 0 Å². The highest BCUT2D eigenvalue weighted by atomic mass is 14.9. The standard InChI is InChI=1S/C15H34N2/c1-4-6-8-10-12-15(17-3)14(13-16)11-9-7-5-2/h14-15,17H,4-13,16H2,1-3H3. The highest BCUT2D eigenvalue weighted by Crippen LogP contribution is 2.17. The van der Waals surface area contributed by atoms with E-state index in [1.54, 1.807) is 0 Å². The summed E-state index contributed by atoms with van der Waals surface area (Å²) in [6.45, 7) is 5.36. The smallest absolute Gasteiger partial charge is 0.0104 e. The second-order valence-corrected chi connectivity index (χ2v) is 5.24. The molecule has 0 spiro atoms. The van der Waals surface area contributed by atoms with Crippen LogP contribution in [0.5, 0.6) is 0 Å². The van der Waals surface area contributed by atoms with Crippen molar-refractivity contribution in [3.05, 3.63) is 0 Å². The molecular formula is C15H34N2. The Morgan fingerprint density at radius 2 is 1.47 bits per heavy atom. The molecule has 0 aromatic heterocycles. The molecule has 0 aliphatic rings. The van der Waals surface area contributed by atoms with Crippen molar-refractivity contribution in [1.29, 1.82) is 0 Å². The molecule has 0 heterocycles. The molecule has 0 aliphatic carbocycles. The molecule has 0 rings (SSSR count). The van der Waals surface area contributed by atoms with Gasteiger partial charge in [0.05, 0.1) is 0 Å². The van der Waals surface area contributed by atoms with Gasteiger partial charge in [0.25, 0.3) is 0 Å². The van der Waals surface area contributed by atoms with Crippen LogP contribution in [-0.2, 0) is 0 Å². The number of rotatable bonds is 12. The zero-order valence-electron chi connectivity index (χ0n) is 12.3. The zero-order chi connectivity index (χ0) is 12.9. The number of unbranched alkanes of at least 4 members (excludes halogenated alkanes) is 5. The molecule has 0 aromatic carbocycles. The van der Waals surface area contributed by atoms with Gasteiger partial charge >= 0.3 is 0 Å². The molecule has 0 amide bonds. The van der Waals surface area contributed by atoms with Crippen molar-refractivity contribution >= 4 is 0 Å². The van der Waals surface area contributed by atoms with Crippen molar-refractivity contribution in [1.82, 2.24) is 5.32 Å². The molecule has 17 heavy (non-hydrogen) atoms. The van der Waals surface area contributed by atoms with E-state index in [4.69, 9.17) is 5.73 Å². The van der Waals surface area contributed by atoms with Gasteiger partial charge in [-0.25, -0.2) is 0 Å². The normalized spacial score (nSPS) is 14.8. The van der Waals surface area contributed by atoms with Crippen LogP contribution in [0.4, 0.5) is 0 Å². The Morgan fingerprint density at radius 1 is 0.882 bits per heavy atom. The van der Waals surface area contributed by atoms with E-state index in [1.807, 2.05) is 0 Å². The molecule has 3 N–H and O–H groups in total. The second-order valence-electron chi connectivity index (χ2n) is 5.24. The fraction of sp³-hybridized carbons (Fsp3) is 1.00. The highest BCUT2D eigenvalue weighted by Gasteiger charge is 2.17. The first kappa shape index (κ1) is 16.9. The number of hydrogen-bond acceptors (Lipinski definition) is 2. The molecule has 2 nitrogen and oxygen atoms in total. The Hall–Kier alpha value is -0.0800. The maximum absolute atomic E-state index is 5.92. The molecule has 0 saturated heterocycles. The van der Waals surface area contributed by atoms with Crippen LogP contribution in [0.15, 0.2) is 0 Å². The van der Waals surface area contributed by atoms with E-state index in [1.165, 1.54) is 57.8 Å². The summed E-state index contributed by atoms with van der Waals surface area (Å²) >= 11 is 0. The summed E-state index contributed by atoms with van der Waals surface area (Å²) in [7, 11) is 2.09. The highest BCUT2D eigenvalue weighted by molar-refractivity contribution is 4.76. The zero-order valence-corrected chi connectivity index (χ0v) is 12.3. The van der Waals surface area contributed by atoms with E-state index in [0.717, 1.165) is 6.54 Å². The Kier molecular flexibility index (Phi) is 12.3. The monoisotopic (exact) mass is 242 g/mol. The van der Waals surface area contributed by atoms with Gasteiger partial charge in [0, 0.05) is 6.04 Å². The van der Waals surface area contributed by atoms with Gasteiger partial charge in [0.2, 0.25) is 0 Å². The third-order valence-electron chi connectivity index (χ3n) is 3.79. The van der Waals surface area contributed by atoms with Crippen LogP contribution in [0.25, 0.3) is 0 Å². The Balaban J connectivity index is 3.83. The number of nitrogens with one attached hydrogen (secondary N) is 1. The van der Waals surface area contributed by atoms with Crippen molar-refractivity contribution < 1.29 is 0 Å². The van der Waals surface area contributed by atoms with Crippen molar-refractivity contribution in [3.8, 4) is 0 Å². The van der Waals surface area contributed by atoms with E-state index in [0.29, 0.717) is 12.0 Å². The Bertz CT molecular complexity index is 148. The third-order valence-corrected chi connectivity index (χ3v) is 3.79. The first-order chi connectivity index (χ1) is 8.29. The van der Waals surface area contributed by atoms with Gasteiger partial charge in [-0.3, -0.25) is 0 Å². The molecule has 0 aliphatic heterocycles. The van der Waals surface area contributed by atoms with Crippen LogP contribution in [0.1, 0.15) is 71.6 Å². The minimum atomic E-state index is 0.633. The lowest BCUT2D eigenvalue weighted by atomic mass is 9.90. The lowest BCUT2D eigenvalue weighted by Crippen LogP contribution is -2.37. The van der Waals surface area contributed by atoms with Gasteiger partial charge in [-0.1, -0.05) is 58.8 Å². The van der Waals surface area contributed by atoms with E-state index in [9.17, 15) is 0 Å². The minimum Gasteiger partial charge on any atom is -0.330 e. The third kappa shape index (κ3) is 8.62.